The van der Waals surface area contributed by atoms with Gasteiger partial charge in [0.15, 0.2) is 16.6 Å². The van der Waals surface area contributed by atoms with Gasteiger partial charge in [0, 0.05) is 23.5 Å². The summed E-state index contributed by atoms with van der Waals surface area (Å²) in [5.74, 6) is 2.22. The first kappa shape index (κ1) is 13.5. The van der Waals surface area contributed by atoms with Crippen molar-refractivity contribution in [3.8, 4) is 17.2 Å². The van der Waals surface area contributed by atoms with Gasteiger partial charge in [-0.1, -0.05) is 6.07 Å². The van der Waals surface area contributed by atoms with Gasteiger partial charge in [0.05, 0.1) is 7.11 Å². The summed E-state index contributed by atoms with van der Waals surface area (Å²) in [5.41, 5.74) is 1.69. The summed E-state index contributed by atoms with van der Waals surface area (Å²) in [6.45, 7) is 0.255. The molecule has 0 unspecified atom stereocenters. The first-order chi connectivity index (χ1) is 10.2. The van der Waals surface area contributed by atoms with E-state index in [4.69, 9.17) is 26.4 Å². The molecular weight excluding hydrogens is 288 g/mol. The fourth-order valence-corrected chi connectivity index (χ4v) is 2.20. The minimum absolute atomic E-state index is 0.255. The molecule has 2 aromatic carbocycles. The molecule has 0 aromatic heterocycles. The number of hydrogen-bond donors (Lipinski definition) is 2. The average Bonchev–Trinajstić information content (AvgIpc) is 2.95. The minimum atomic E-state index is 0.255. The Balaban J connectivity index is 1.66. The highest BCUT2D eigenvalue weighted by molar-refractivity contribution is 7.80. The first-order valence-electron chi connectivity index (χ1n) is 6.36. The summed E-state index contributed by atoms with van der Waals surface area (Å²) in [5, 5.41) is 6.69. The van der Waals surface area contributed by atoms with Crippen molar-refractivity contribution in [2.75, 3.05) is 24.5 Å². The van der Waals surface area contributed by atoms with E-state index in [1.54, 1.807) is 7.11 Å². The quantitative estimate of drug-likeness (QED) is 0.849. The zero-order valence-corrected chi connectivity index (χ0v) is 12.2. The maximum atomic E-state index is 5.33. The summed E-state index contributed by atoms with van der Waals surface area (Å²) in [4.78, 5) is 0. The lowest BCUT2D eigenvalue weighted by Crippen LogP contribution is -2.18. The Morgan fingerprint density at radius 2 is 1.81 bits per heavy atom. The van der Waals surface area contributed by atoms with Crippen LogP contribution in [0.1, 0.15) is 0 Å². The van der Waals surface area contributed by atoms with E-state index < -0.39 is 0 Å². The molecule has 21 heavy (non-hydrogen) atoms. The molecule has 0 bridgehead atoms. The number of rotatable bonds is 3. The molecule has 0 fully saturated rings. The summed E-state index contributed by atoms with van der Waals surface area (Å²) >= 11 is 5.29. The monoisotopic (exact) mass is 302 g/mol. The number of nitrogens with one attached hydrogen (secondary N) is 2. The molecule has 0 radical (unpaired) electrons. The normalized spacial score (nSPS) is 11.9. The number of thiocarbonyl (C=S) groups is 1. The third kappa shape index (κ3) is 3.17. The fourth-order valence-electron chi connectivity index (χ4n) is 1.97. The largest absolute Gasteiger partial charge is 0.497 e. The van der Waals surface area contributed by atoms with Gasteiger partial charge in [0.25, 0.3) is 0 Å². The van der Waals surface area contributed by atoms with Gasteiger partial charge in [0.1, 0.15) is 5.75 Å². The van der Waals surface area contributed by atoms with Crippen molar-refractivity contribution < 1.29 is 14.2 Å². The van der Waals surface area contributed by atoms with Crippen molar-refractivity contribution in [3.63, 3.8) is 0 Å². The highest BCUT2D eigenvalue weighted by atomic mass is 32.1. The molecule has 0 saturated carbocycles. The molecule has 2 N–H and O–H groups in total. The van der Waals surface area contributed by atoms with Gasteiger partial charge in [-0.2, -0.15) is 0 Å². The van der Waals surface area contributed by atoms with Crippen LogP contribution in [0.4, 0.5) is 11.4 Å². The molecule has 0 spiro atoms. The van der Waals surface area contributed by atoms with E-state index in [-0.39, 0.29) is 6.79 Å². The van der Waals surface area contributed by atoms with Gasteiger partial charge in [0.2, 0.25) is 6.79 Å². The standard InChI is InChI=1S/C15H14N2O3S/c1-18-12-4-2-3-10(7-12)16-15(21)17-11-5-6-13-14(8-11)20-9-19-13/h2-8H,9H2,1H3,(H2,16,17,21). The summed E-state index contributed by atoms with van der Waals surface area (Å²) < 4.78 is 15.8. The van der Waals surface area contributed by atoms with Gasteiger partial charge in [-0.15, -0.1) is 0 Å². The SMILES string of the molecule is COc1cccc(NC(=S)Nc2ccc3c(c2)OCO3)c1. The van der Waals surface area contributed by atoms with Crippen LogP contribution in [0.15, 0.2) is 42.5 Å². The smallest absolute Gasteiger partial charge is 0.231 e. The van der Waals surface area contributed by atoms with Crippen LogP contribution >= 0.6 is 12.2 Å². The molecule has 0 amide bonds. The molecule has 0 atom stereocenters. The van der Waals surface area contributed by atoms with E-state index in [9.17, 15) is 0 Å². The highest BCUT2D eigenvalue weighted by Crippen LogP contribution is 2.34. The second-order valence-corrected chi connectivity index (χ2v) is 4.79. The van der Waals surface area contributed by atoms with E-state index >= 15 is 0 Å². The Labute approximate surface area is 127 Å². The lowest BCUT2D eigenvalue weighted by molar-refractivity contribution is 0.174. The van der Waals surface area contributed by atoms with Crippen molar-refractivity contribution in [1.82, 2.24) is 0 Å². The Morgan fingerprint density at radius 3 is 2.62 bits per heavy atom. The van der Waals surface area contributed by atoms with Crippen LogP contribution in [-0.4, -0.2) is 19.0 Å². The van der Waals surface area contributed by atoms with Crippen LogP contribution in [0, 0.1) is 0 Å². The molecule has 6 heteroatoms. The summed E-state index contributed by atoms with van der Waals surface area (Å²) in [6, 6.07) is 13.1. The molecule has 108 valence electrons. The van der Waals surface area contributed by atoms with E-state index in [1.807, 2.05) is 42.5 Å². The zero-order chi connectivity index (χ0) is 14.7. The molecule has 1 heterocycles. The number of hydrogen-bond acceptors (Lipinski definition) is 4. The third-order valence-electron chi connectivity index (χ3n) is 2.96. The van der Waals surface area contributed by atoms with Crippen LogP contribution in [0.3, 0.4) is 0 Å². The van der Waals surface area contributed by atoms with E-state index in [2.05, 4.69) is 10.6 Å². The first-order valence-corrected chi connectivity index (χ1v) is 6.77. The van der Waals surface area contributed by atoms with Gasteiger partial charge in [-0.3, -0.25) is 0 Å². The molecule has 1 aliphatic heterocycles. The molecule has 2 aromatic rings. The van der Waals surface area contributed by atoms with Crippen molar-refractivity contribution in [1.29, 1.82) is 0 Å². The minimum Gasteiger partial charge on any atom is -0.497 e. The zero-order valence-electron chi connectivity index (χ0n) is 11.4. The maximum absolute atomic E-state index is 5.33. The second kappa shape index (κ2) is 5.88. The molecule has 0 aliphatic carbocycles. The van der Waals surface area contributed by atoms with Gasteiger partial charge in [-0.05, 0) is 36.5 Å². The van der Waals surface area contributed by atoms with Crippen LogP contribution < -0.4 is 24.8 Å². The van der Waals surface area contributed by atoms with Crippen molar-refractivity contribution in [2.45, 2.75) is 0 Å². The maximum Gasteiger partial charge on any atom is 0.231 e. The van der Waals surface area contributed by atoms with E-state index in [0.29, 0.717) is 10.9 Å². The van der Waals surface area contributed by atoms with Crippen LogP contribution in [0.2, 0.25) is 0 Å². The van der Waals surface area contributed by atoms with Crippen molar-refractivity contribution >= 4 is 28.7 Å². The molecule has 3 rings (SSSR count). The molecule has 0 saturated heterocycles. The van der Waals surface area contributed by atoms with Gasteiger partial charge in [-0.25, -0.2) is 0 Å². The fraction of sp³-hybridized carbons (Fsp3) is 0.133. The van der Waals surface area contributed by atoms with Crippen molar-refractivity contribution in [2.24, 2.45) is 0 Å². The predicted molar refractivity (Wildman–Crippen MR) is 85.4 cm³/mol. The number of fused-ring (bicyclic) bond motifs is 1. The van der Waals surface area contributed by atoms with E-state index in [1.165, 1.54) is 0 Å². The van der Waals surface area contributed by atoms with Gasteiger partial charge >= 0.3 is 0 Å². The summed E-state index contributed by atoms with van der Waals surface area (Å²) in [6.07, 6.45) is 0. The lowest BCUT2D eigenvalue weighted by atomic mass is 10.3. The summed E-state index contributed by atoms with van der Waals surface area (Å²) in [7, 11) is 1.63. The van der Waals surface area contributed by atoms with Crippen LogP contribution in [0.5, 0.6) is 17.2 Å². The predicted octanol–water partition coefficient (Wildman–Crippen LogP) is 3.23. The Hall–Kier alpha value is -2.47. The Kier molecular flexibility index (Phi) is 3.79. The molecule has 1 aliphatic rings. The average molecular weight is 302 g/mol. The lowest BCUT2D eigenvalue weighted by Gasteiger charge is -2.11. The second-order valence-electron chi connectivity index (χ2n) is 4.38. The van der Waals surface area contributed by atoms with Crippen LogP contribution in [0.25, 0.3) is 0 Å². The third-order valence-corrected chi connectivity index (χ3v) is 3.16. The number of methoxy groups -OCH3 is 1. The molecular formula is C15H14N2O3S. The van der Waals surface area contributed by atoms with Crippen molar-refractivity contribution in [3.05, 3.63) is 42.5 Å². The Bertz CT molecular complexity index is 676. The highest BCUT2D eigenvalue weighted by Gasteiger charge is 2.13. The number of benzene rings is 2. The van der Waals surface area contributed by atoms with Gasteiger partial charge < -0.3 is 24.8 Å². The topological polar surface area (TPSA) is 51.8 Å². The number of ether oxygens (including phenoxy) is 3. The van der Waals surface area contributed by atoms with E-state index in [0.717, 1.165) is 22.9 Å². The Morgan fingerprint density at radius 1 is 1.05 bits per heavy atom. The molecule has 5 nitrogen and oxygen atoms in total. The number of anilines is 2. The van der Waals surface area contributed by atoms with Crippen LogP contribution in [-0.2, 0) is 0 Å².